The Bertz CT molecular complexity index is 968. The van der Waals surface area contributed by atoms with Gasteiger partial charge in [-0.25, -0.2) is 9.18 Å². The number of esters is 1. The fourth-order valence-corrected chi connectivity index (χ4v) is 2.92. The first-order valence-corrected chi connectivity index (χ1v) is 8.54. The summed E-state index contributed by atoms with van der Waals surface area (Å²) >= 11 is -1.02. The number of halogens is 5. The van der Waals surface area contributed by atoms with Crippen molar-refractivity contribution in [3.63, 3.8) is 0 Å². The summed E-state index contributed by atoms with van der Waals surface area (Å²) in [5.74, 6) is -5.24. The summed E-state index contributed by atoms with van der Waals surface area (Å²) in [5.41, 5.74) is -6.62. The molecule has 1 aliphatic rings. The maximum absolute atomic E-state index is 14.2. The highest BCUT2D eigenvalue weighted by Gasteiger charge is 2.35. The van der Waals surface area contributed by atoms with Crippen molar-refractivity contribution in [1.29, 1.82) is 0 Å². The number of carbonyl (C=O) groups excluding carboxylic acids is 1. The predicted molar refractivity (Wildman–Crippen MR) is 86.6 cm³/mol. The van der Waals surface area contributed by atoms with Crippen molar-refractivity contribution in [3.05, 3.63) is 39.7 Å². The largest absolute Gasteiger partial charge is 0.479 e. The third kappa shape index (κ3) is 3.87. The topological polar surface area (TPSA) is 57.5 Å². The van der Waals surface area contributed by atoms with E-state index in [0.29, 0.717) is 18.9 Å². The predicted octanol–water partition coefficient (Wildman–Crippen LogP) is 4.34. The lowest BCUT2D eigenvalue weighted by molar-refractivity contribution is -0.0370. The minimum atomic E-state index is -4.87. The van der Waals surface area contributed by atoms with Crippen molar-refractivity contribution in [3.8, 4) is 5.75 Å². The minimum absolute atomic E-state index is 0.0197. The number of rotatable bonds is 5. The van der Waals surface area contributed by atoms with Crippen molar-refractivity contribution in [2.45, 2.75) is 31.3 Å². The van der Waals surface area contributed by atoms with Crippen molar-refractivity contribution >= 4 is 28.9 Å². The van der Waals surface area contributed by atoms with Gasteiger partial charge in [-0.15, -0.1) is 0 Å². The van der Waals surface area contributed by atoms with E-state index in [1.54, 1.807) is 0 Å². The van der Waals surface area contributed by atoms with E-state index >= 15 is 0 Å². The highest BCUT2D eigenvalue weighted by atomic mass is 32.2. The van der Waals surface area contributed by atoms with Crippen LogP contribution >= 0.6 is 12.0 Å². The van der Waals surface area contributed by atoms with Crippen LogP contribution in [0.4, 0.5) is 22.0 Å². The van der Waals surface area contributed by atoms with E-state index in [9.17, 15) is 31.5 Å². The van der Waals surface area contributed by atoms with Gasteiger partial charge in [0.05, 0.1) is 17.5 Å². The number of ether oxygens (including phenoxy) is 1. The van der Waals surface area contributed by atoms with Crippen LogP contribution in [0.15, 0.2) is 17.1 Å². The third-order valence-corrected chi connectivity index (χ3v) is 4.26. The Labute approximate surface area is 153 Å². The Hall–Kier alpha value is -2.30. The molecule has 1 aliphatic carbocycles. The number of aromatic nitrogens is 1. The first kappa shape index (κ1) is 19.5. The maximum atomic E-state index is 14.2. The van der Waals surface area contributed by atoms with E-state index < -0.39 is 57.3 Å². The van der Waals surface area contributed by atoms with Crippen molar-refractivity contribution < 1.29 is 35.7 Å². The van der Waals surface area contributed by atoms with Crippen molar-refractivity contribution in [1.82, 2.24) is 4.57 Å². The first-order chi connectivity index (χ1) is 12.6. The van der Waals surface area contributed by atoms with Crippen molar-refractivity contribution in [2.75, 3.05) is 6.61 Å². The Morgan fingerprint density at radius 2 is 2.00 bits per heavy atom. The zero-order valence-electron chi connectivity index (χ0n) is 13.7. The average molecular weight is 409 g/mol. The molecule has 0 atom stereocenters. The molecule has 1 heterocycles. The monoisotopic (exact) mass is 409 g/mol. The molecule has 1 fully saturated rings. The summed E-state index contributed by atoms with van der Waals surface area (Å²) in [6, 6.07) is 0.254. The molecule has 146 valence electrons. The normalized spacial score (nSPS) is 14.4. The van der Waals surface area contributed by atoms with Crippen LogP contribution in [0.2, 0.25) is 0 Å². The molecular weight excluding hydrogens is 397 g/mol. The lowest BCUT2D eigenvalue weighted by Gasteiger charge is -2.17. The van der Waals surface area contributed by atoms with E-state index in [2.05, 4.69) is 4.18 Å². The van der Waals surface area contributed by atoms with Crippen LogP contribution in [0.1, 0.15) is 36.2 Å². The molecule has 0 bridgehead atoms. The molecule has 27 heavy (non-hydrogen) atoms. The van der Waals surface area contributed by atoms with Gasteiger partial charge in [0.2, 0.25) is 17.0 Å². The zero-order chi connectivity index (χ0) is 19.9. The number of alkyl halides is 3. The van der Waals surface area contributed by atoms with Crippen LogP contribution in [-0.2, 0) is 4.74 Å². The summed E-state index contributed by atoms with van der Waals surface area (Å²) in [6.07, 6.45) is 2.26. The molecule has 0 spiro atoms. The molecule has 0 N–H and O–H groups in total. The second-order valence-corrected chi connectivity index (χ2v) is 6.54. The van der Waals surface area contributed by atoms with E-state index in [4.69, 9.17) is 4.74 Å². The van der Waals surface area contributed by atoms with Crippen LogP contribution in [0, 0.1) is 11.6 Å². The molecule has 3 rings (SSSR count). The minimum Gasteiger partial charge on any atom is -0.462 e. The van der Waals surface area contributed by atoms with Gasteiger partial charge in [0, 0.05) is 12.2 Å². The first-order valence-electron chi connectivity index (χ1n) is 7.80. The second kappa shape index (κ2) is 7.02. The summed E-state index contributed by atoms with van der Waals surface area (Å²) in [6.45, 7) is 1.50. The van der Waals surface area contributed by atoms with Gasteiger partial charge in [-0.2, -0.15) is 17.6 Å². The number of hydrogen-bond acceptors (Lipinski definition) is 5. The SMILES string of the molecule is CCOC(=O)c1cn(C2CC2)c2c(OSC(F)(F)F)c(F)c(F)cc2c1=O. The van der Waals surface area contributed by atoms with Gasteiger partial charge >= 0.3 is 11.5 Å². The molecule has 0 saturated heterocycles. The van der Waals surface area contributed by atoms with Gasteiger partial charge in [0.1, 0.15) is 5.56 Å². The fraction of sp³-hybridized carbons (Fsp3) is 0.375. The molecule has 0 radical (unpaired) electrons. The van der Waals surface area contributed by atoms with Gasteiger partial charge in [-0.3, -0.25) is 4.79 Å². The van der Waals surface area contributed by atoms with Crippen LogP contribution in [0.25, 0.3) is 10.9 Å². The number of fused-ring (bicyclic) bond motifs is 1. The lowest BCUT2D eigenvalue weighted by atomic mass is 10.1. The summed E-state index contributed by atoms with van der Waals surface area (Å²) < 4.78 is 76.0. The Kier molecular flexibility index (Phi) is 5.06. The number of benzene rings is 1. The average Bonchev–Trinajstić information content (AvgIpc) is 3.40. The Morgan fingerprint density at radius 1 is 1.33 bits per heavy atom. The number of hydrogen-bond donors (Lipinski definition) is 0. The molecule has 1 aromatic carbocycles. The molecule has 2 aromatic rings. The summed E-state index contributed by atoms with van der Waals surface area (Å²) in [4.78, 5) is 24.6. The molecule has 0 unspecified atom stereocenters. The van der Waals surface area contributed by atoms with Crippen LogP contribution in [0.5, 0.6) is 5.75 Å². The van der Waals surface area contributed by atoms with Gasteiger partial charge in [-0.1, -0.05) is 0 Å². The number of pyridine rings is 1. The van der Waals surface area contributed by atoms with E-state index in [1.165, 1.54) is 11.5 Å². The van der Waals surface area contributed by atoms with Gasteiger partial charge < -0.3 is 13.5 Å². The molecule has 1 saturated carbocycles. The fourth-order valence-electron chi connectivity index (χ4n) is 2.59. The highest BCUT2D eigenvalue weighted by Crippen LogP contribution is 2.42. The number of nitrogens with zero attached hydrogens (tertiary/aromatic N) is 1. The molecule has 5 nitrogen and oxygen atoms in total. The molecule has 0 amide bonds. The van der Waals surface area contributed by atoms with Crippen LogP contribution in [-0.4, -0.2) is 22.7 Å². The van der Waals surface area contributed by atoms with Crippen LogP contribution in [0.3, 0.4) is 0 Å². The highest BCUT2D eigenvalue weighted by molar-refractivity contribution is 7.95. The van der Waals surface area contributed by atoms with Gasteiger partial charge in [0.25, 0.3) is 0 Å². The van der Waals surface area contributed by atoms with E-state index in [1.807, 2.05) is 0 Å². The van der Waals surface area contributed by atoms with Gasteiger partial charge in [0.15, 0.2) is 17.9 Å². The molecule has 1 aromatic heterocycles. The third-order valence-electron chi connectivity index (χ3n) is 3.82. The smallest absolute Gasteiger partial charge is 0.462 e. The number of carbonyl (C=O) groups is 1. The summed E-state index contributed by atoms with van der Waals surface area (Å²) in [7, 11) is 0. The second-order valence-electron chi connectivity index (χ2n) is 5.74. The van der Waals surface area contributed by atoms with Gasteiger partial charge in [-0.05, 0) is 25.8 Å². The summed E-state index contributed by atoms with van der Waals surface area (Å²) in [5, 5.41) is -0.468. The maximum Gasteiger partial charge on any atom is 0.479 e. The molecule has 0 aliphatic heterocycles. The molecule has 11 heteroatoms. The zero-order valence-corrected chi connectivity index (χ0v) is 14.5. The Morgan fingerprint density at radius 3 is 2.56 bits per heavy atom. The molecular formula is C16H12F5NO4S. The van der Waals surface area contributed by atoms with E-state index in [-0.39, 0.29) is 18.2 Å². The van der Waals surface area contributed by atoms with Crippen LogP contribution < -0.4 is 9.61 Å². The standard InChI is InChI=1S/C16H12F5NO4S/c1-2-25-15(24)9-6-22(7-3-4-7)12-8(13(9)23)5-10(17)11(18)14(12)26-27-16(19,20)21/h5-7H,2-4H2,1H3. The quantitative estimate of drug-likeness (QED) is 0.418. The Balaban J connectivity index is 2.29. The lowest BCUT2D eigenvalue weighted by Crippen LogP contribution is -2.21. The van der Waals surface area contributed by atoms with Crippen molar-refractivity contribution in [2.24, 2.45) is 0 Å². The van der Waals surface area contributed by atoms with E-state index in [0.717, 1.165) is 6.20 Å².